The number of likely N-dealkylation sites (tertiary alicyclic amines) is 1. The predicted octanol–water partition coefficient (Wildman–Crippen LogP) is 0.813. The smallest absolute Gasteiger partial charge is 0.345 e. The third-order valence-corrected chi connectivity index (χ3v) is 4.66. The lowest BCUT2D eigenvalue weighted by atomic mass is 9.69. The van der Waals surface area contributed by atoms with E-state index in [1.54, 1.807) is 18.2 Å². The first-order chi connectivity index (χ1) is 13.8. The molecule has 1 aliphatic heterocycles. The molecule has 0 bridgehead atoms. The third kappa shape index (κ3) is 3.48. The number of esters is 3. The van der Waals surface area contributed by atoms with E-state index < -0.39 is 47.1 Å². The fourth-order valence-corrected chi connectivity index (χ4v) is 3.50. The number of amides is 1. The Morgan fingerprint density at radius 2 is 1.55 bits per heavy atom. The summed E-state index contributed by atoms with van der Waals surface area (Å²) in [5.74, 6) is -6.39. The summed E-state index contributed by atoms with van der Waals surface area (Å²) in [4.78, 5) is 64.5. The van der Waals surface area contributed by atoms with E-state index in [0.29, 0.717) is 5.56 Å². The van der Waals surface area contributed by atoms with Crippen LogP contribution in [-0.4, -0.2) is 60.4 Å². The molecule has 2 rings (SSSR count). The van der Waals surface area contributed by atoms with E-state index in [0.717, 1.165) is 18.9 Å². The van der Waals surface area contributed by atoms with E-state index in [2.05, 4.69) is 0 Å². The number of Topliss-reactive ketones (excluding diaryl/α,β-unsaturated/α-hetero) is 1. The Morgan fingerprint density at radius 3 is 1.97 bits per heavy atom. The minimum atomic E-state index is -2.41. The molecule has 0 N–H and O–H groups in total. The molecule has 9 nitrogen and oxygen atoms in total. The van der Waals surface area contributed by atoms with Gasteiger partial charge in [-0.15, -0.1) is 0 Å². The Labute approximate surface area is 167 Å². The number of ether oxygens (including phenoxy) is 3. The average molecular weight is 405 g/mol. The summed E-state index contributed by atoms with van der Waals surface area (Å²) < 4.78 is 14.9. The van der Waals surface area contributed by atoms with E-state index in [1.165, 1.54) is 26.0 Å². The van der Waals surface area contributed by atoms with Crippen LogP contribution in [0.4, 0.5) is 0 Å². The van der Waals surface area contributed by atoms with Crippen molar-refractivity contribution < 1.29 is 38.2 Å². The highest BCUT2D eigenvalue weighted by Crippen LogP contribution is 2.47. The molecule has 2 atom stereocenters. The zero-order valence-corrected chi connectivity index (χ0v) is 16.7. The van der Waals surface area contributed by atoms with Gasteiger partial charge in [0.15, 0.2) is 6.04 Å². The molecule has 1 amide bonds. The number of carbonyl (C=O) groups excluding carboxylic acids is 5. The largest absolute Gasteiger partial charge is 0.467 e. The Hall–Kier alpha value is -3.23. The molecule has 0 aromatic heterocycles. The Balaban J connectivity index is 2.74. The van der Waals surface area contributed by atoms with Gasteiger partial charge in [0.05, 0.1) is 20.3 Å². The monoisotopic (exact) mass is 405 g/mol. The first-order valence-electron chi connectivity index (χ1n) is 9.09. The average Bonchev–Trinajstić information content (AvgIpc) is 2.69. The van der Waals surface area contributed by atoms with Gasteiger partial charge < -0.3 is 14.2 Å². The maximum Gasteiger partial charge on any atom is 0.345 e. The van der Waals surface area contributed by atoms with Crippen molar-refractivity contribution >= 4 is 29.6 Å². The zero-order chi connectivity index (χ0) is 21.8. The van der Waals surface area contributed by atoms with Crippen molar-refractivity contribution in [2.24, 2.45) is 5.92 Å². The van der Waals surface area contributed by atoms with Gasteiger partial charge in [0.25, 0.3) is 5.54 Å². The highest BCUT2D eigenvalue weighted by molar-refractivity contribution is 6.25. The van der Waals surface area contributed by atoms with E-state index in [1.807, 2.05) is 0 Å². The first-order valence-corrected chi connectivity index (χ1v) is 9.09. The molecule has 1 aromatic carbocycles. The Kier molecular flexibility index (Phi) is 6.73. The summed E-state index contributed by atoms with van der Waals surface area (Å²) in [6.45, 7) is 3.89. The SMILES string of the molecule is CCOC(=O)C1(C(=O)OCC)C(C(C)=O)C(=O)N1C(C(=O)OC)c1ccccc1. The maximum atomic E-state index is 13.0. The minimum absolute atomic E-state index is 0.110. The number of hydrogen-bond acceptors (Lipinski definition) is 8. The van der Waals surface area contributed by atoms with Gasteiger partial charge in [-0.3, -0.25) is 14.5 Å². The molecule has 0 radical (unpaired) electrons. The molecule has 156 valence electrons. The molecule has 2 unspecified atom stereocenters. The molecule has 29 heavy (non-hydrogen) atoms. The van der Waals surface area contributed by atoms with Crippen LogP contribution >= 0.6 is 0 Å². The lowest BCUT2D eigenvalue weighted by Gasteiger charge is -2.54. The van der Waals surface area contributed by atoms with Crippen LogP contribution in [-0.2, 0) is 38.2 Å². The second-order valence-corrected chi connectivity index (χ2v) is 6.30. The van der Waals surface area contributed by atoms with Crippen LogP contribution in [0.3, 0.4) is 0 Å². The number of hydrogen-bond donors (Lipinski definition) is 0. The summed E-state index contributed by atoms with van der Waals surface area (Å²) in [5, 5.41) is 0. The molecule has 0 aliphatic carbocycles. The van der Waals surface area contributed by atoms with Gasteiger partial charge in [0, 0.05) is 0 Å². The normalized spacial score (nSPS) is 18.3. The van der Waals surface area contributed by atoms with Crippen LogP contribution in [0.1, 0.15) is 32.4 Å². The van der Waals surface area contributed by atoms with Crippen LogP contribution < -0.4 is 0 Å². The van der Waals surface area contributed by atoms with E-state index >= 15 is 0 Å². The van der Waals surface area contributed by atoms with Gasteiger partial charge >= 0.3 is 17.9 Å². The molecule has 0 saturated carbocycles. The van der Waals surface area contributed by atoms with Gasteiger partial charge in [-0.05, 0) is 26.3 Å². The zero-order valence-electron chi connectivity index (χ0n) is 16.7. The number of nitrogens with zero attached hydrogens (tertiary/aromatic N) is 1. The van der Waals surface area contributed by atoms with Gasteiger partial charge in [0.1, 0.15) is 11.7 Å². The molecular weight excluding hydrogens is 382 g/mol. The predicted molar refractivity (Wildman–Crippen MR) is 98.2 cm³/mol. The Morgan fingerprint density at radius 1 is 1.03 bits per heavy atom. The molecular formula is C20H23NO8. The fraction of sp³-hybridized carbons (Fsp3) is 0.450. The van der Waals surface area contributed by atoms with Crippen LogP contribution in [0.15, 0.2) is 30.3 Å². The summed E-state index contributed by atoms with van der Waals surface area (Å²) in [7, 11) is 1.11. The van der Waals surface area contributed by atoms with E-state index in [4.69, 9.17) is 14.2 Å². The van der Waals surface area contributed by atoms with Crippen molar-refractivity contribution in [1.29, 1.82) is 0 Å². The van der Waals surface area contributed by atoms with Crippen LogP contribution in [0.5, 0.6) is 0 Å². The van der Waals surface area contributed by atoms with Crippen molar-refractivity contribution in [3.8, 4) is 0 Å². The number of ketones is 1. The fourth-order valence-electron chi connectivity index (χ4n) is 3.50. The summed E-state index contributed by atoms with van der Waals surface area (Å²) in [6, 6.07) is 6.56. The lowest BCUT2D eigenvalue weighted by molar-refractivity contribution is -0.210. The number of β-lactam (4-membered cyclic amide) rings is 1. The van der Waals surface area contributed by atoms with Crippen LogP contribution in [0.2, 0.25) is 0 Å². The van der Waals surface area contributed by atoms with Gasteiger partial charge in [-0.2, -0.15) is 0 Å². The molecule has 9 heteroatoms. The highest BCUT2D eigenvalue weighted by Gasteiger charge is 2.76. The Bertz CT molecular complexity index is 801. The second-order valence-electron chi connectivity index (χ2n) is 6.30. The first kappa shape index (κ1) is 22.1. The lowest BCUT2D eigenvalue weighted by Crippen LogP contribution is -2.81. The number of rotatable bonds is 8. The van der Waals surface area contributed by atoms with Crippen molar-refractivity contribution in [2.75, 3.05) is 20.3 Å². The summed E-state index contributed by atoms with van der Waals surface area (Å²) in [6.07, 6.45) is 0. The quantitative estimate of drug-likeness (QED) is 0.270. The second kappa shape index (κ2) is 8.85. The molecule has 1 aromatic rings. The molecule has 1 saturated heterocycles. The van der Waals surface area contributed by atoms with Gasteiger partial charge in [-0.25, -0.2) is 14.4 Å². The third-order valence-electron chi connectivity index (χ3n) is 4.66. The van der Waals surface area contributed by atoms with Gasteiger partial charge in [-0.1, -0.05) is 30.3 Å². The van der Waals surface area contributed by atoms with Crippen LogP contribution in [0, 0.1) is 5.92 Å². The van der Waals surface area contributed by atoms with Crippen molar-refractivity contribution in [3.63, 3.8) is 0 Å². The van der Waals surface area contributed by atoms with Gasteiger partial charge in [0.2, 0.25) is 5.91 Å². The van der Waals surface area contributed by atoms with Crippen molar-refractivity contribution in [2.45, 2.75) is 32.4 Å². The minimum Gasteiger partial charge on any atom is -0.467 e. The number of benzene rings is 1. The number of methoxy groups -OCH3 is 1. The van der Waals surface area contributed by atoms with Crippen molar-refractivity contribution in [3.05, 3.63) is 35.9 Å². The maximum absolute atomic E-state index is 13.0. The topological polar surface area (TPSA) is 116 Å². The van der Waals surface area contributed by atoms with Crippen molar-refractivity contribution in [1.82, 2.24) is 4.90 Å². The molecule has 1 heterocycles. The highest BCUT2D eigenvalue weighted by atomic mass is 16.6. The van der Waals surface area contributed by atoms with Crippen LogP contribution in [0.25, 0.3) is 0 Å². The number of carbonyl (C=O) groups is 5. The molecule has 0 spiro atoms. The molecule has 1 aliphatic rings. The summed E-state index contributed by atoms with van der Waals surface area (Å²) >= 11 is 0. The van der Waals surface area contributed by atoms with E-state index in [-0.39, 0.29) is 13.2 Å². The van der Waals surface area contributed by atoms with E-state index in [9.17, 15) is 24.0 Å². The standard InChI is InChI=1S/C20H23NO8/c1-5-28-18(25)20(19(26)29-6-2)14(12(3)22)16(23)21(20)15(17(24)27-4)13-10-8-7-9-11-13/h7-11,14-15H,5-6H2,1-4H3. The summed E-state index contributed by atoms with van der Waals surface area (Å²) in [5.41, 5.74) is -2.11. The molecule has 1 fully saturated rings.